The third-order valence-electron chi connectivity index (χ3n) is 3.48. The van der Waals surface area contributed by atoms with Crippen molar-refractivity contribution in [2.75, 3.05) is 0 Å². The van der Waals surface area contributed by atoms with E-state index in [2.05, 4.69) is 0 Å². The van der Waals surface area contributed by atoms with Gasteiger partial charge in [0, 0.05) is 18.4 Å². The average molecular weight is 260 g/mol. The average Bonchev–Trinajstić information content (AvgIpc) is 2.68. The Labute approximate surface area is 109 Å². The minimum Gasteiger partial charge on any atom is -0.512 e. The first kappa shape index (κ1) is 11.8. The molecule has 1 atom stereocenters. The topological polar surface area (TPSA) is 83.8 Å². The van der Waals surface area contributed by atoms with E-state index in [0.29, 0.717) is 24.8 Å². The molecule has 1 aliphatic carbocycles. The summed E-state index contributed by atoms with van der Waals surface area (Å²) in [6.07, 6.45) is 0.439. The van der Waals surface area contributed by atoms with Crippen molar-refractivity contribution in [3.05, 3.63) is 40.7 Å². The first-order chi connectivity index (χ1) is 9.09. The smallest absolute Gasteiger partial charge is 0.343 e. The molecule has 5 heteroatoms. The number of fused-ring (bicyclic) bond motifs is 1. The summed E-state index contributed by atoms with van der Waals surface area (Å²) in [6.45, 7) is 0. The number of phenolic OH excluding ortho intramolecular Hbond substituents is 1. The highest BCUT2D eigenvalue weighted by Gasteiger charge is 2.40. The summed E-state index contributed by atoms with van der Waals surface area (Å²) in [6, 6.07) is 4.58. The fraction of sp³-hybridized carbons (Fsp3) is 0.286. The van der Waals surface area contributed by atoms with Crippen LogP contribution < -0.4 is 0 Å². The van der Waals surface area contributed by atoms with Crippen LogP contribution in [0.2, 0.25) is 0 Å². The molecule has 1 heterocycles. The number of esters is 1. The van der Waals surface area contributed by atoms with E-state index >= 15 is 0 Å². The number of carbonyl (C=O) groups is 2. The second-order valence-corrected chi connectivity index (χ2v) is 4.66. The van der Waals surface area contributed by atoms with E-state index in [-0.39, 0.29) is 28.4 Å². The van der Waals surface area contributed by atoms with Crippen LogP contribution in [0.1, 0.15) is 41.3 Å². The molecule has 0 bridgehead atoms. The minimum absolute atomic E-state index is 0.0229. The van der Waals surface area contributed by atoms with Gasteiger partial charge in [0.05, 0.1) is 5.57 Å². The maximum Gasteiger partial charge on any atom is 0.343 e. The van der Waals surface area contributed by atoms with E-state index < -0.39 is 12.1 Å². The maximum atomic E-state index is 11.9. The molecular weight excluding hydrogens is 248 g/mol. The van der Waals surface area contributed by atoms with Gasteiger partial charge in [-0.15, -0.1) is 0 Å². The minimum atomic E-state index is -0.901. The molecule has 19 heavy (non-hydrogen) atoms. The van der Waals surface area contributed by atoms with Crippen LogP contribution in [0.4, 0.5) is 0 Å². The van der Waals surface area contributed by atoms with Gasteiger partial charge < -0.3 is 14.9 Å². The first-order valence-corrected chi connectivity index (χ1v) is 6.07. The monoisotopic (exact) mass is 260 g/mol. The zero-order valence-electron chi connectivity index (χ0n) is 10.0. The number of hydrogen-bond donors (Lipinski definition) is 2. The van der Waals surface area contributed by atoms with Gasteiger partial charge in [0.2, 0.25) is 0 Å². The zero-order valence-corrected chi connectivity index (χ0v) is 10.0. The molecule has 2 aliphatic rings. The Balaban J connectivity index is 2.13. The second-order valence-electron chi connectivity index (χ2n) is 4.66. The summed E-state index contributed by atoms with van der Waals surface area (Å²) in [5.41, 5.74) is 0.650. The molecule has 98 valence electrons. The van der Waals surface area contributed by atoms with Crippen molar-refractivity contribution in [1.82, 2.24) is 0 Å². The van der Waals surface area contributed by atoms with Gasteiger partial charge in [0.1, 0.15) is 17.1 Å². The molecule has 0 aromatic heterocycles. The van der Waals surface area contributed by atoms with Crippen molar-refractivity contribution in [2.45, 2.75) is 25.4 Å². The standard InChI is InChI=1S/C14H12O5/c15-8-4-1-3-7-11(8)14(18)19-13(7)12-9(16)5-2-6-10(12)17/h1,3-4,13,15-16H,2,5-6H2. The lowest BCUT2D eigenvalue weighted by Crippen LogP contribution is -2.18. The Hall–Kier alpha value is -2.30. The number of aromatic hydroxyl groups is 1. The SMILES string of the molecule is O=C1CCCC(O)=C1C1OC(=O)c2c(O)cccc21. The molecule has 0 amide bonds. The molecule has 5 nitrogen and oxygen atoms in total. The number of ether oxygens (including phenoxy) is 1. The van der Waals surface area contributed by atoms with Gasteiger partial charge >= 0.3 is 5.97 Å². The number of Topliss-reactive ketones (excluding diaryl/α,β-unsaturated/α-hetero) is 1. The molecule has 1 unspecified atom stereocenters. The molecule has 1 aromatic rings. The van der Waals surface area contributed by atoms with Gasteiger partial charge in [-0.3, -0.25) is 4.79 Å². The van der Waals surface area contributed by atoms with E-state index in [9.17, 15) is 19.8 Å². The molecule has 0 fully saturated rings. The zero-order chi connectivity index (χ0) is 13.6. The highest BCUT2D eigenvalue weighted by Crippen LogP contribution is 2.42. The van der Waals surface area contributed by atoms with Gasteiger partial charge in [-0.05, 0) is 12.5 Å². The van der Waals surface area contributed by atoms with E-state index in [4.69, 9.17) is 4.74 Å². The summed E-state index contributed by atoms with van der Waals surface area (Å²) < 4.78 is 5.16. The third-order valence-corrected chi connectivity index (χ3v) is 3.48. The number of allylic oxidation sites excluding steroid dienone is 1. The van der Waals surface area contributed by atoms with Crippen LogP contribution in [0, 0.1) is 0 Å². The van der Waals surface area contributed by atoms with Crippen molar-refractivity contribution in [3.63, 3.8) is 0 Å². The van der Waals surface area contributed by atoms with Crippen molar-refractivity contribution in [3.8, 4) is 5.75 Å². The van der Waals surface area contributed by atoms with Gasteiger partial charge in [-0.25, -0.2) is 4.79 Å². The molecular formula is C14H12O5. The van der Waals surface area contributed by atoms with E-state index in [1.54, 1.807) is 12.1 Å². The molecule has 0 spiro atoms. The fourth-order valence-electron chi connectivity index (χ4n) is 2.59. The molecule has 0 saturated heterocycles. The van der Waals surface area contributed by atoms with Crippen molar-refractivity contribution < 1.29 is 24.5 Å². The summed E-state index contributed by atoms with van der Waals surface area (Å²) >= 11 is 0. The first-order valence-electron chi connectivity index (χ1n) is 6.07. The number of aliphatic hydroxyl groups is 1. The van der Waals surface area contributed by atoms with Crippen LogP contribution >= 0.6 is 0 Å². The molecule has 3 rings (SSSR count). The Morgan fingerprint density at radius 3 is 2.68 bits per heavy atom. The van der Waals surface area contributed by atoms with Crippen LogP contribution in [0.3, 0.4) is 0 Å². The Morgan fingerprint density at radius 2 is 1.95 bits per heavy atom. The number of carbonyl (C=O) groups excluding carboxylic acids is 2. The van der Waals surface area contributed by atoms with E-state index in [1.807, 2.05) is 0 Å². The Morgan fingerprint density at radius 1 is 1.16 bits per heavy atom. The summed E-state index contributed by atoms with van der Waals surface area (Å²) in [5, 5.41) is 19.6. The summed E-state index contributed by atoms with van der Waals surface area (Å²) in [4.78, 5) is 23.7. The van der Waals surface area contributed by atoms with Gasteiger partial charge in [-0.2, -0.15) is 0 Å². The Kier molecular flexibility index (Phi) is 2.55. The lowest BCUT2D eigenvalue weighted by Gasteiger charge is -2.20. The lowest BCUT2D eigenvalue weighted by atomic mass is 9.88. The van der Waals surface area contributed by atoms with Crippen LogP contribution in [-0.2, 0) is 9.53 Å². The van der Waals surface area contributed by atoms with Crippen molar-refractivity contribution in [2.24, 2.45) is 0 Å². The van der Waals surface area contributed by atoms with Crippen LogP contribution in [0.5, 0.6) is 5.75 Å². The largest absolute Gasteiger partial charge is 0.512 e. The highest BCUT2D eigenvalue weighted by molar-refractivity contribution is 6.02. The molecule has 0 radical (unpaired) electrons. The van der Waals surface area contributed by atoms with Crippen molar-refractivity contribution in [1.29, 1.82) is 0 Å². The number of cyclic esters (lactones) is 1. The van der Waals surface area contributed by atoms with Crippen molar-refractivity contribution >= 4 is 11.8 Å². The van der Waals surface area contributed by atoms with Gasteiger partial charge in [0.25, 0.3) is 0 Å². The van der Waals surface area contributed by atoms with Crippen LogP contribution in [-0.4, -0.2) is 22.0 Å². The number of phenols is 1. The normalized spacial score (nSPS) is 22.4. The molecule has 1 aliphatic heterocycles. The number of rotatable bonds is 1. The molecule has 2 N–H and O–H groups in total. The van der Waals surface area contributed by atoms with E-state index in [0.717, 1.165) is 0 Å². The number of ketones is 1. The predicted molar refractivity (Wildman–Crippen MR) is 64.8 cm³/mol. The Bertz CT molecular complexity index is 614. The quantitative estimate of drug-likeness (QED) is 0.756. The predicted octanol–water partition coefficient (Wildman–Crippen LogP) is 2.17. The number of hydrogen-bond acceptors (Lipinski definition) is 5. The number of benzene rings is 1. The fourth-order valence-corrected chi connectivity index (χ4v) is 2.59. The number of aliphatic hydroxyl groups excluding tert-OH is 1. The molecule has 0 saturated carbocycles. The summed E-state index contributed by atoms with van der Waals surface area (Å²) in [5.74, 6) is -1.08. The van der Waals surface area contributed by atoms with Gasteiger partial charge in [0.15, 0.2) is 11.9 Å². The van der Waals surface area contributed by atoms with Gasteiger partial charge in [-0.1, -0.05) is 12.1 Å². The lowest BCUT2D eigenvalue weighted by molar-refractivity contribution is -0.117. The summed E-state index contributed by atoms with van der Waals surface area (Å²) in [7, 11) is 0. The maximum absolute atomic E-state index is 11.9. The molecule has 1 aromatic carbocycles. The second kappa shape index (κ2) is 4.12. The third kappa shape index (κ3) is 1.69. The van der Waals surface area contributed by atoms with E-state index in [1.165, 1.54) is 6.07 Å². The highest BCUT2D eigenvalue weighted by atomic mass is 16.6. The van der Waals surface area contributed by atoms with Crippen LogP contribution in [0.25, 0.3) is 0 Å². The van der Waals surface area contributed by atoms with Crippen LogP contribution in [0.15, 0.2) is 29.5 Å².